The highest BCUT2D eigenvalue weighted by Gasteiger charge is 2.33. The SMILES string of the molecule is N#CCCNS(=O)(=O)c1ccc(C(=O)OCC(=O)c2cc3c4c(c2)CC(=O)N4CCC3)cc1. The molecule has 0 atom stereocenters. The highest BCUT2D eigenvalue weighted by atomic mass is 32.2. The summed E-state index contributed by atoms with van der Waals surface area (Å²) >= 11 is 0. The smallest absolute Gasteiger partial charge is 0.338 e. The Kier molecular flexibility index (Phi) is 6.26. The number of anilines is 1. The molecule has 0 radical (unpaired) electrons. The van der Waals surface area contributed by atoms with E-state index in [1.807, 2.05) is 6.07 Å². The van der Waals surface area contributed by atoms with Gasteiger partial charge in [0.15, 0.2) is 12.4 Å². The van der Waals surface area contributed by atoms with Gasteiger partial charge in [-0.1, -0.05) is 0 Å². The first-order valence-corrected chi connectivity index (χ1v) is 11.9. The van der Waals surface area contributed by atoms with Crippen LogP contribution in [0.3, 0.4) is 0 Å². The summed E-state index contributed by atoms with van der Waals surface area (Å²) in [5, 5.41) is 8.51. The third kappa shape index (κ3) is 4.65. The molecule has 2 aromatic rings. The molecule has 0 fully saturated rings. The molecule has 0 aromatic heterocycles. The maximum absolute atomic E-state index is 12.7. The van der Waals surface area contributed by atoms with Crippen molar-refractivity contribution in [1.82, 2.24) is 4.72 Å². The lowest BCUT2D eigenvalue weighted by molar-refractivity contribution is -0.117. The quantitative estimate of drug-likeness (QED) is 0.355. The van der Waals surface area contributed by atoms with Crippen LogP contribution in [-0.2, 0) is 32.4 Å². The number of ether oxygens (including phenoxy) is 1. The van der Waals surface area contributed by atoms with E-state index >= 15 is 0 Å². The molecule has 4 rings (SSSR count). The molecule has 170 valence electrons. The highest BCUT2D eigenvalue weighted by Crippen LogP contribution is 2.37. The lowest BCUT2D eigenvalue weighted by Gasteiger charge is -2.25. The molecule has 33 heavy (non-hydrogen) atoms. The normalized spacial score (nSPS) is 14.5. The number of carbonyl (C=O) groups excluding carboxylic acids is 3. The number of Topliss-reactive ketones (excluding diaryl/α,β-unsaturated/α-hetero) is 1. The van der Waals surface area contributed by atoms with Crippen LogP contribution >= 0.6 is 0 Å². The summed E-state index contributed by atoms with van der Waals surface area (Å²) in [6, 6.07) is 10.4. The Labute approximate surface area is 191 Å². The minimum atomic E-state index is -3.79. The number of hydrogen-bond donors (Lipinski definition) is 1. The summed E-state index contributed by atoms with van der Waals surface area (Å²) in [6.45, 7) is 0.214. The van der Waals surface area contributed by atoms with Crippen molar-refractivity contribution in [3.8, 4) is 6.07 Å². The van der Waals surface area contributed by atoms with E-state index in [0.29, 0.717) is 12.1 Å². The highest BCUT2D eigenvalue weighted by molar-refractivity contribution is 7.89. The molecule has 0 unspecified atom stereocenters. The van der Waals surface area contributed by atoms with Crippen LogP contribution < -0.4 is 9.62 Å². The molecule has 0 bridgehead atoms. The zero-order valence-electron chi connectivity index (χ0n) is 17.7. The van der Waals surface area contributed by atoms with Gasteiger partial charge in [-0.05, 0) is 60.4 Å². The lowest BCUT2D eigenvalue weighted by atomic mass is 9.95. The van der Waals surface area contributed by atoms with Crippen molar-refractivity contribution in [3.05, 3.63) is 58.7 Å². The van der Waals surface area contributed by atoms with Gasteiger partial charge in [-0.25, -0.2) is 17.9 Å². The molecule has 0 saturated carbocycles. The number of ketones is 1. The molecule has 10 heteroatoms. The van der Waals surface area contributed by atoms with Crippen molar-refractivity contribution in [1.29, 1.82) is 5.26 Å². The maximum Gasteiger partial charge on any atom is 0.338 e. The Morgan fingerprint density at radius 3 is 2.58 bits per heavy atom. The standard InChI is InChI=1S/C23H21N3O6S/c24-8-2-9-25-33(30,31)19-6-4-15(5-7-19)23(29)32-14-20(27)17-11-16-3-1-10-26-21(28)13-18(12-17)22(16)26/h4-7,11-12,25H,1-3,9-10,13-14H2. The van der Waals surface area contributed by atoms with Crippen LogP contribution in [0.15, 0.2) is 41.3 Å². The number of nitrogens with one attached hydrogen (secondary N) is 1. The zero-order chi connectivity index (χ0) is 23.6. The van der Waals surface area contributed by atoms with Crippen molar-refractivity contribution in [2.24, 2.45) is 0 Å². The molecular formula is C23H21N3O6S. The molecule has 2 aliphatic rings. The van der Waals surface area contributed by atoms with Gasteiger partial charge in [0.05, 0.1) is 28.6 Å². The molecule has 2 heterocycles. The minimum Gasteiger partial charge on any atom is -0.454 e. The monoisotopic (exact) mass is 467 g/mol. The van der Waals surface area contributed by atoms with E-state index in [1.54, 1.807) is 17.0 Å². The third-order valence-corrected chi connectivity index (χ3v) is 7.07. The predicted molar refractivity (Wildman–Crippen MR) is 117 cm³/mol. The van der Waals surface area contributed by atoms with E-state index in [4.69, 9.17) is 10.00 Å². The van der Waals surface area contributed by atoms with Crippen LogP contribution in [0.4, 0.5) is 5.69 Å². The van der Waals surface area contributed by atoms with Crippen molar-refractivity contribution in [2.75, 3.05) is 24.6 Å². The second-order valence-corrected chi connectivity index (χ2v) is 9.57. The van der Waals surface area contributed by atoms with Crippen LogP contribution in [0.5, 0.6) is 0 Å². The molecule has 0 spiro atoms. The second kappa shape index (κ2) is 9.13. The fourth-order valence-electron chi connectivity index (χ4n) is 4.03. The van der Waals surface area contributed by atoms with Crippen molar-refractivity contribution in [2.45, 2.75) is 30.6 Å². The molecule has 1 amide bonds. The van der Waals surface area contributed by atoms with E-state index < -0.39 is 22.6 Å². The molecule has 9 nitrogen and oxygen atoms in total. The molecule has 2 aliphatic heterocycles. The number of carbonyl (C=O) groups is 3. The summed E-state index contributed by atoms with van der Waals surface area (Å²) in [7, 11) is -3.79. The average Bonchev–Trinajstić information content (AvgIpc) is 3.14. The Hall–Kier alpha value is -3.55. The van der Waals surface area contributed by atoms with Crippen molar-refractivity contribution >= 4 is 33.4 Å². The van der Waals surface area contributed by atoms with Crippen LogP contribution in [0.1, 0.15) is 44.7 Å². The fourth-order valence-corrected chi connectivity index (χ4v) is 5.06. The zero-order valence-corrected chi connectivity index (χ0v) is 18.5. The first-order valence-electron chi connectivity index (χ1n) is 10.4. The van der Waals surface area contributed by atoms with Gasteiger partial charge in [0.2, 0.25) is 15.9 Å². The molecule has 2 aromatic carbocycles. The van der Waals surface area contributed by atoms with Crippen molar-refractivity contribution in [3.63, 3.8) is 0 Å². The molecule has 0 saturated heterocycles. The third-order valence-electron chi connectivity index (χ3n) is 5.59. The summed E-state index contributed by atoms with van der Waals surface area (Å²) in [5.41, 5.74) is 3.20. The number of amides is 1. The molecular weight excluding hydrogens is 446 g/mol. The van der Waals surface area contributed by atoms with Crippen LogP contribution in [0.2, 0.25) is 0 Å². The molecule has 0 aliphatic carbocycles. The van der Waals surface area contributed by atoms with E-state index in [9.17, 15) is 22.8 Å². The van der Waals surface area contributed by atoms with Gasteiger partial charge in [0, 0.05) is 25.1 Å². The van der Waals surface area contributed by atoms with Crippen molar-refractivity contribution < 1.29 is 27.5 Å². The second-order valence-electron chi connectivity index (χ2n) is 7.80. The van der Waals surface area contributed by atoms with E-state index in [2.05, 4.69) is 4.72 Å². The summed E-state index contributed by atoms with van der Waals surface area (Å²) in [5.74, 6) is -1.10. The number of hydrogen-bond acceptors (Lipinski definition) is 7. The number of nitriles is 1. The first-order chi connectivity index (χ1) is 15.8. The largest absolute Gasteiger partial charge is 0.454 e. The number of esters is 1. The average molecular weight is 468 g/mol. The van der Waals surface area contributed by atoms with Gasteiger partial charge in [-0.2, -0.15) is 5.26 Å². The van der Waals surface area contributed by atoms with Gasteiger partial charge < -0.3 is 9.64 Å². The van der Waals surface area contributed by atoms with E-state index in [0.717, 1.165) is 29.7 Å². The van der Waals surface area contributed by atoms with Crippen LogP contribution in [0, 0.1) is 11.3 Å². The Morgan fingerprint density at radius 1 is 1.12 bits per heavy atom. The maximum atomic E-state index is 12.7. The van der Waals surface area contributed by atoms with Crippen LogP contribution in [-0.4, -0.2) is 45.8 Å². The number of nitrogens with zero attached hydrogens (tertiary/aromatic N) is 2. The van der Waals surface area contributed by atoms with Gasteiger partial charge in [0.25, 0.3) is 0 Å². The summed E-state index contributed by atoms with van der Waals surface area (Å²) in [6.07, 6.45) is 1.93. The Bertz CT molecular complexity index is 1280. The van der Waals surface area contributed by atoms with E-state index in [-0.39, 0.29) is 41.5 Å². The predicted octanol–water partition coefficient (Wildman–Crippen LogP) is 1.75. The number of benzene rings is 2. The topological polar surface area (TPSA) is 134 Å². The fraction of sp³-hybridized carbons (Fsp3) is 0.304. The minimum absolute atomic E-state index is 0.0126. The van der Waals surface area contributed by atoms with Gasteiger partial charge in [-0.3, -0.25) is 9.59 Å². The van der Waals surface area contributed by atoms with Gasteiger partial charge in [-0.15, -0.1) is 0 Å². The van der Waals surface area contributed by atoms with E-state index in [1.165, 1.54) is 24.3 Å². The van der Waals surface area contributed by atoms with Crippen LogP contribution in [0.25, 0.3) is 0 Å². The Morgan fingerprint density at radius 2 is 1.85 bits per heavy atom. The number of rotatable bonds is 8. The first kappa shape index (κ1) is 22.6. The van der Waals surface area contributed by atoms with Gasteiger partial charge in [0.1, 0.15) is 0 Å². The Balaban J connectivity index is 1.40. The van der Waals surface area contributed by atoms with Gasteiger partial charge >= 0.3 is 5.97 Å². The summed E-state index contributed by atoms with van der Waals surface area (Å²) < 4.78 is 31.7. The lowest BCUT2D eigenvalue weighted by Crippen LogP contribution is -2.31. The molecule has 1 N–H and O–H groups in total. The summed E-state index contributed by atoms with van der Waals surface area (Å²) in [4.78, 5) is 38.9. The number of sulfonamides is 1. The number of aryl methyl sites for hydroxylation is 1.